The number of fused-ring (bicyclic) bond motifs is 11. The van der Waals surface area contributed by atoms with Crippen molar-refractivity contribution in [2.75, 3.05) is 0 Å². The molecule has 0 heteroatoms. The maximum absolute atomic E-state index is 2.45. The molecule has 0 nitrogen and oxygen atoms in total. The highest BCUT2D eigenvalue weighted by atomic mass is 14.2. The average Bonchev–Trinajstić information content (AvgIpc) is 3.21. The van der Waals surface area contributed by atoms with Crippen LogP contribution in [-0.4, -0.2) is 0 Å². The summed E-state index contributed by atoms with van der Waals surface area (Å²) in [6.45, 7) is 8.62. The molecule has 0 amide bonds. The summed E-state index contributed by atoms with van der Waals surface area (Å²) in [6.07, 6.45) is 0. The minimum Gasteiger partial charge on any atom is -0.0587 e. The SMILES string of the molecule is Cc1ccc(-c2ccc3c4ccc(-c5ccc(C)cc5)cc4c4c5cc(-c6ccc(C)cc6)ccc5c5ccc(-c6ccc(C)cc6)cc5c4c3c2)cc1. The quantitative estimate of drug-likeness (QED) is 0.161. The van der Waals surface area contributed by atoms with Gasteiger partial charge in [0.25, 0.3) is 0 Å². The van der Waals surface area contributed by atoms with E-state index in [2.05, 4.69) is 198 Å². The Morgan fingerprint density at radius 2 is 0.370 bits per heavy atom. The normalized spacial score (nSPS) is 11.7. The van der Waals surface area contributed by atoms with Crippen LogP contribution in [-0.2, 0) is 0 Å². The van der Waals surface area contributed by atoms with Gasteiger partial charge in [0.15, 0.2) is 0 Å². The van der Waals surface area contributed by atoms with Crippen LogP contribution in [0.25, 0.3) is 98.4 Å². The van der Waals surface area contributed by atoms with Crippen molar-refractivity contribution < 1.29 is 0 Å². The van der Waals surface area contributed by atoms with Crippen molar-refractivity contribution in [3.8, 4) is 44.5 Å². The van der Waals surface area contributed by atoms with Crippen molar-refractivity contribution in [3.05, 3.63) is 192 Å². The van der Waals surface area contributed by atoms with Gasteiger partial charge in [-0.15, -0.1) is 0 Å². The highest BCUT2D eigenvalue weighted by Crippen LogP contribution is 2.47. The second-order valence-electron chi connectivity index (χ2n) is 15.3. The fraction of sp³-hybridized carbons (Fsp3) is 0.0741. The summed E-state index contributed by atoms with van der Waals surface area (Å²) in [5.74, 6) is 0. The fourth-order valence-electron chi connectivity index (χ4n) is 8.47. The van der Waals surface area contributed by atoms with Crippen molar-refractivity contribution in [2.45, 2.75) is 27.7 Å². The Labute approximate surface area is 317 Å². The molecule has 0 radical (unpaired) electrons. The predicted molar refractivity (Wildman–Crippen MR) is 235 cm³/mol. The van der Waals surface area contributed by atoms with E-state index in [1.165, 1.54) is 121 Å². The fourth-order valence-corrected chi connectivity index (χ4v) is 8.47. The molecule has 0 unspecified atom stereocenters. The lowest BCUT2D eigenvalue weighted by Crippen LogP contribution is -1.91. The molecule has 256 valence electrons. The molecule has 0 saturated carbocycles. The van der Waals surface area contributed by atoms with Crippen LogP contribution in [0.5, 0.6) is 0 Å². The van der Waals surface area contributed by atoms with Gasteiger partial charge < -0.3 is 0 Å². The van der Waals surface area contributed by atoms with Crippen LogP contribution < -0.4 is 0 Å². The number of rotatable bonds is 4. The predicted octanol–water partition coefficient (Wildman–Crippen LogP) is 15.4. The second kappa shape index (κ2) is 12.6. The van der Waals surface area contributed by atoms with E-state index in [1.54, 1.807) is 0 Å². The molecule has 0 fully saturated rings. The van der Waals surface area contributed by atoms with Crippen LogP contribution in [0.1, 0.15) is 22.3 Å². The highest BCUT2D eigenvalue weighted by Gasteiger charge is 2.19. The van der Waals surface area contributed by atoms with Crippen LogP contribution in [0.2, 0.25) is 0 Å². The monoisotopic (exact) mass is 688 g/mol. The Morgan fingerprint density at radius 1 is 0.185 bits per heavy atom. The number of aryl methyl sites for hydroxylation is 4. The van der Waals surface area contributed by atoms with E-state index in [1.807, 2.05) is 0 Å². The third-order valence-electron chi connectivity index (χ3n) is 11.5. The van der Waals surface area contributed by atoms with Gasteiger partial charge >= 0.3 is 0 Å². The Balaban J connectivity index is 1.41. The first-order chi connectivity index (χ1) is 26.4. The lowest BCUT2D eigenvalue weighted by atomic mass is 9.84. The molecule has 0 aromatic heterocycles. The van der Waals surface area contributed by atoms with E-state index >= 15 is 0 Å². The molecule has 10 aromatic rings. The van der Waals surface area contributed by atoms with Gasteiger partial charge in [0.1, 0.15) is 0 Å². The zero-order valence-corrected chi connectivity index (χ0v) is 31.2. The largest absolute Gasteiger partial charge is 0.0587 e. The summed E-state index contributed by atoms with van der Waals surface area (Å²) in [6, 6.07) is 64.2. The van der Waals surface area contributed by atoms with Gasteiger partial charge in [0, 0.05) is 0 Å². The Hall–Kier alpha value is -6.50. The van der Waals surface area contributed by atoms with E-state index in [-0.39, 0.29) is 0 Å². The minimum absolute atomic E-state index is 1.23. The maximum atomic E-state index is 2.45. The van der Waals surface area contributed by atoms with Gasteiger partial charge in [-0.05, 0) is 150 Å². The summed E-state index contributed by atoms with van der Waals surface area (Å²) in [5.41, 5.74) is 14.9. The third kappa shape index (κ3) is 5.37. The van der Waals surface area contributed by atoms with Crippen molar-refractivity contribution in [3.63, 3.8) is 0 Å². The molecule has 0 aliphatic heterocycles. The number of benzene rings is 10. The van der Waals surface area contributed by atoms with Gasteiger partial charge in [-0.3, -0.25) is 0 Å². The molecule has 0 saturated heterocycles. The summed E-state index contributed by atoms with van der Waals surface area (Å²) < 4.78 is 0. The minimum atomic E-state index is 1.23. The molecule has 0 aliphatic carbocycles. The molecule has 10 rings (SSSR count). The summed E-state index contributed by atoms with van der Waals surface area (Å²) >= 11 is 0. The molecule has 0 heterocycles. The van der Waals surface area contributed by atoms with E-state index in [0.717, 1.165) is 0 Å². The highest BCUT2D eigenvalue weighted by molar-refractivity contribution is 6.40. The average molecular weight is 689 g/mol. The van der Waals surface area contributed by atoms with Crippen molar-refractivity contribution >= 4 is 53.9 Å². The zero-order valence-electron chi connectivity index (χ0n) is 31.2. The van der Waals surface area contributed by atoms with Crippen molar-refractivity contribution in [2.24, 2.45) is 0 Å². The molecular weight excluding hydrogens is 649 g/mol. The maximum Gasteiger partial charge on any atom is -0.00134 e. The van der Waals surface area contributed by atoms with Crippen LogP contribution in [0.3, 0.4) is 0 Å². The molecule has 0 bridgehead atoms. The van der Waals surface area contributed by atoms with Crippen LogP contribution in [0.4, 0.5) is 0 Å². The topological polar surface area (TPSA) is 0 Å². The van der Waals surface area contributed by atoms with E-state index in [0.29, 0.717) is 0 Å². The first-order valence-corrected chi connectivity index (χ1v) is 19.0. The summed E-state index contributed by atoms with van der Waals surface area (Å²) in [4.78, 5) is 0. The van der Waals surface area contributed by atoms with Gasteiger partial charge in [0.2, 0.25) is 0 Å². The third-order valence-corrected chi connectivity index (χ3v) is 11.5. The molecule has 10 aromatic carbocycles. The lowest BCUT2D eigenvalue weighted by Gasteiger charge is -2.19. The van der Waals surface area contributed by atoms with Crippen LogP contribution in [0, 0.1) is 27.7 Å². The first kappa shape index (κ1) is 32.2. The van der Waals surface area contributed by atoms with Crippen LogP contribution >= 0.6 is 0 Å². The Morgan fingerprint density at radius 3 is 0.574 bits per heavy atom. The van der Waals surface area contributed by atoms with E-state index < -0.39 is 0 Å². The molecule has 0 spiro atoms. The van der Waals surface area contributed by atoms with E-state index in [4.69, 9.17) is 0 Å². The van der Waals surface area contributed by atoms with Crippen molar-refractivity contribution in [1.29, 1.82) is 0 Å². The smallest absolute Gasteiger partial charge is 0.00134 e. The first-order valence-electron chi connectivity index (χ1n) is 19.0. The molecule has 0 aliphatic rings. The second-order valence-corrected chi connectivity index (χ2v) is 15.3. The molecule has 0 N–H and O–H groups in total. The van der Waals surface area contributed by atoms with Crippen LogP contribution in [0.15, 0.2) is 170 Å². The van der Waals surface area contributed by atoms with Gasteiger partial charge in [0.05, 0.1) is 0 Å². The van der Waals surface area contributed by atoms with Gasteiger partial charge in [-0.2, -0.15) is 0 Å². The molecular formula is C54H40. The molecule has 54 heavy (non-hydrogen) atoms. The van der Waals surface area contributed by atoms with Crippen molar-refractivity contribution in [1.82, 2.24) is 0 Å². The zero-order chi connectivity index (χ0) is 36.5. The summed E-state index contributed by atoms with van der Waals surface area (Å²) in [7, 11) is 0. The van der Waals surface area contributed by atoms with Gasteiger partial charge in [-0.25, -0.2) is 0 Å². The van der Waals surface area contributed by atoms with E-state index in [9.17, 15) is 0 Å². The lowest BCUT2D eigenvalue weighted by molar-refractivity contribution is 1.47. The number of hydrogen-bond donors (Lipinski definition) is 0. The molecule has 0 atom stereocenters. The standard InChI is InChI=1S/C54H40/c1-33-5-13-37(14-6-33)41-21-25-45-46-26-22-43(39-17-9-35(3)10-18-39)31-51(46)54-52-32-44(40-19-11-36(4)12-20-40)24-28-48(52)47-27-23-42(38-15-7-34(2)8-16-38)30-50(47)53(54)49(45)29-41/h5-32H,1-4H3. The Bertz CT molecular complexity index is 2650. The Kier molecular flexibility index (Phi) is 7.49. The summed E-state index contributed by atoms with van der Waals surface area (Å²) in [5, 5.41) is 12.9. The number of hydrogen-bond acceptors (Lipinski definition) is 0. The van der Waals surface area contributed by atoms with Gasteiger partial charge in [-0.1, -0.05) is 168 Å².